The predicted octanol–water partition coefficient (Wildman–Crippen LogP) is 4.24. The van der Waals surface area contributed by atoms with Gasteiger partial charge in [0.25, 0.3) is 5.91 Å². The Balaban J connectivity index is 1.58. The molecule has 3 aromatic rings. The predicted molar refractivity (Wildman–Crippen MR) is 107 cm³/mol. The third kappa shape index (κ3) is 4.71. The Hall–Kier alpha value is -3.13. The molecule has 2 aromatic carbocycles. The number of benzene rings is 2. The maximum absolute atomic E-state index is 13.1. The first-order chi connectivity index (χ1) is 14.4. The van der Waals surface area contributed by atoms with Crippen LogP contribution in [0.5, 0.6) is 5.75 Å². The molecule has 156 valence electrons. The summed E-state index contributed by atoms with van der Waals surface area (Å²) in [6, 6.07) is 14.3. The zero-order valence-corrected chi connectivity index (χ0v) is 16.8. The van der Waals surface area contributed by atoms with Crippen molar-refractivity contribution in [3.8, 4) is 5.75 Å². The first-order valence-corrected chi connectivity index (χ1v) is 10.9. The summed E-state index contributed by atoms with van der Waals surface area (Å²) in [5.74, 6) is -0.0209. The topological polar surface area (TPSA) is 76.8 Å². The molecule has 0 N–H and O–H groups in total. The van der Waals surface area contributed by atoms with E-state index < -0.39 is 15.9 Å². The lowest BCUT2D eigenvalue weighted by Gasteiger charge is -2.23. The Bertz CT molecular complexity index is 1120. The molecule has 1 fully saturated rings. The van der Waals surface area contributed by atoms with E-state index in [-0.39, 0.29) is 28.9 Å². The maximum atomic E-state index is 13.1. The van der Waals surface area contributed by atoms with Crippen molar-refractivity contribution in [1.82, 2.24) is 4.90 Å². The highest BCUT2D eigenvalue weighted by molar-refractivity contribution is 7.87. The van der Waals surface area contributed by atoms with Gasteiger partial charge in [0.1, 0.15) is 16.5 Å². The monoisotopic (exact) mass is 429 g/mol. The van der Waals surface area contributed by atoms with Gasteiger partial charge >= 0.3 is 10.1 Å². The Morgan fingerprint density at radius 2 is 1.80 bits per heavy atom. The zero-order valence-electron chi connectivity index (χ0n) is 16.0. The lowest BCUT2D eigenvalue weighted by atomic mass is 10.1. The molecule has 0 radical (unpaired) electrons. The first-order valence-electron chi connectivity index (χ1n) is 9.53. The van der Waals surface area contributed by atoms with Crippen LogP contribution in [0.2, 0.25) is 0 Å². The van der Waals surface area contributed by atoms with Crippen molar-refractivity contribution in [3.63, 3.8) is 0 Å². The number of carbonyl (C=O) groups excluding carboxylic acids is 1. The fourth-order valence-corrected chi connectivity index (χ4v) is 4.04. The van der Waals surface area contributed by atoms with Gasteiger partial charge in [-0.25, -0.2) is 4.39 Å². The number of furan rings is 1. The summed E-state index contributed by atoms with van der Waals surface area (Å²) in [6.45, 7) is 0.726. The Kier molecular flexibility index (Phi) is 5.59. The number of hydrogen-bond donors (Lipinski definition) is 0. The molecule has 0 aliphatic heterocycles. The zero-order chi connectivity index (χ0) is 21.1. The molecule has 1 heterocycles. The third-order valence-corrected chi connectivity index (χ3v) is 6.08. The van der Waals surface area contributed by atoms with Gasteiger partial charge < -0.3 is 13.5 Å². The molecular formula is C22H20FNO5S. The number of hydrogen-bond acceptors (Lipinski definition) is 5. The Labute approximate surface area is 174 Å². The van der Waals surface area contributed by atoms with Gasteiger partial charge in [-0.1, -0.05) is 18.2 Å². The summed E-state index contributed by atoms with van der Waals surface area (Å²) in [5, 5.41) is 0. The van der Waals surface area contributed by atoms with Crippen LogP contribution in [0.15, 0.2) is 76.2 Å². The Morgan fingerprint density at radius 1 is 1.07 bits per heavy atom. The fraction of sp³-hybridized carbons (Fsp3) is 0.227. The Morgan fingerprint density at radius 3 is 2.47 bits per heavy atom. The highest BCUT2D eigenvalue weighted by Crippen LogP contribution is 2.32. The minimum absolute atomic E-state index is 0.120. The first kappa shape index (κ1) is 20.2. The van der Waals surface area contributed by atoms with Crippen LogP contribution >= 0.6 is 0 Å². The van der Waals surface area contributed by atoms with Gasteiger partial charge in [0.2, 0.25) is 0 Å². The van der Waals surface area contributed by atoms with Crippen molar-refractivity contribution in [1.29, 1.82) is 0 Å². The van der Waals surface area contributed by atoms with Crippen LogP contribution in [-0.2, 0) is 16.7 Å². The maximum Gasteiger partial charge on any atom is 0.339 e. The van der Waals surface area contributed by atoms with Crippen LogP contribution in [0.25, 0.3) is 0 Å². The van der Waals surface area contributed by atoms with Crippen molar-refractivity contribution in [2.24, 2.45) is 5.92 Å². The summed E-state index contributed by atoms with van der Waals surface area (Å²) in [7, 11) is -4.15. The van der Waals surface area contributed by atoms with E-state index in [1.54, 1.807) is 35.2 Å². The van der Waals surface area contributed by atoms with Crippen LogP contribution in [0.3, 0.4) is 0 Å². The molecule has 1 amide bonds. The third-order valence-electron chi connectivity index (χ3n) is 4.83. The lowest BCUT2D eigenvalue weighted by Crippen LogP contribution is -2.32. The van der Waals surface area contributed by atoms with Crippen LogP contribution in [-0.4, -0.2) is 25.8 Å². The smallest absolute Gasteiger partial charge is 0.339 e. The molecule has 8 heteroatoms. The molecular weight excluding hydrogens is 409 g/mol. The lowest BCUT2D eigenvalue weighted by molar-refractivity contribution is 0.0702. The summed E-state index contributed by atoms with van der Waals surface area (Å²) in [5.41, 5.74) is 0.545. The molecule has 0 spiro atoms. The van der Waals surface area contributed by atoms with Gasteiger partial charge in [-0.3, -0.25) is 4.79 Å². The van der Waals surface area contributed by atoms with Gasteiger partial charge in [0.15, 0.2) is 5.76 Å². The summed E-state index contributed by atoms with van der Waals surface area (Å²) in [4.78, 5) is 14.4. The van der Waals surface area contributed by atoms with Crippen LogP contribution < -0.4 is 4.18 Å². The fourth-order valence-electron chi connectivity index (χ4n) is 3.08. The van der Waals surface area contributed by atoms with Gasteiger partial charge in [-0.05, 0) is 61.2 Å². The van der Waals surface area contributed by atoms with E-state index in [9.17, 15) is 17.6 Å². The van der Waals surface area contributed by atoms with Crippen molar-refractivity contribution in [2.45, 2.75) is 24.3 Å². The minimum Gasteiger partial charge on any atom is -0.459 e. The van der Waals surface area contributed by atoms with E-state index in [1.165, 1.54) is 12.3 Å². The molecule has 0 bridgehead atoms. The average Bonchev–Trinajstić information content (AvgIpc) is 3.37. The van der Waals surface area contributed by atoms with E-state index >= 15 is 0 Å². The normalized spacial score (nSPS) is 13.8. The molecule has 30 heavy (non-hydrogen) atoms. The second-order valence-corrected chi connectivity index (χ2v) is 8.75. The van der Waals surface area contributed by atoms with Crippen LogP contribution in [0, 0.1) is 11.7 Å². The number of amides is 1. The van der Waals surface area contributed by atoms with Gasteiger partial charge in [0, 0.05) is 18.7 Å². The number of carbonyl (C=O) groups is 1. The molecule has 1 saturated carbocycles. The second kappa shape index (κ2) is 8.31. The molecule has 1 aromatic heterocycles. The van der Waals surface area contributed by atoms with Crippen LogP contribution in [0.4, 0.5) is 4.39 Å². The van der Waals surface area contributed by atoms with E-state index in [2.05, 4.69) is 0 Å². The summed E-state index contributed by atoms with van der Waals surface area (Å²) >= 11 is 0. The van der Waals surface area contributed by atoms with Crippen molar-refractivity contribution in [2.75, 3.05) is 6.54 Å². The molecule has 6 nitrogen and oxygen atoms in total. The summed E-state index contributed by atoms with van der Waals surface area (Å²) in [6.07, 6.45) is 3.55. The van der Waals surface area contributed by atoms with E-state index in [1.807, 2.05) is 0 Å². The van der Waals surface area contributed by atoms with E-state index in [0.29, 0.717) is 18.0 Å². The number of para-hydroxylation sites is 1. The molecule has 0 unspecified atom stereocenters. The minimum atomic E-state index is -4.15. The summed E-state index contributed by atoms with van der Waals surface area (Å²) < 4.78 is 49.0. The largest absolute Gasteiger partial charge is 0.459 e. The molecule has 4 rings (SSSR count). The van der Waals surface area contributed by atoms with Crippen molar-refractivity contribution < 1.29 is 26.2 Å². The number of nitrogens with zero attached hydrogens (tertiary/aromatic N) is 1. The second-order valence-electron chi connectivity index (χ2n) is 7.21. The SMILES string of the molecule is O=C(c1ccco1)N(Cc1ccccc1OS(=O)(=O)c1ccc(F)cc1)CC1CC1. The van der Waals surface area contributed by atoms with Gasteiger partial charge in [-0.15, -0.1) is 0 Å². The quantitative estimate of drug-likeness (QED) is 0.501. The highest BCUT2D eigenvalue weighted by atomic mass is 32.2. The van der Waals surface area contributed by atoms with Crippen molar-refractivity contribution in [3.05, 3.63) is 84.1 Å². The van der Waals surface area contributed by atoms with E-state index in [4.69, 9.17) is 8.60 Å². The highest BCUT2D eigenvalue weighted by Gasteiger charge is 2.29. The number of rotatable bonds is 8. The number of halogens is 1. The molecule has 1 aliphatic rings. The standard InChI is InChI=1S/C22H20FNO5S/c23-18-9-11-19(12-10-18)30(26,27)29-20-5-2-1-4-17(20)15-24(14-16-7-8-16)22(25)21-6-3-13-28-21/h1-6,9-13,16H,7-8,14-15H2. The van der Waals surface area contributed by atoms with Crippen molar-refractivity contribution >= 4 is 16.0 Å². The van der Waals surface area contributed by atoms with Gasteiger partial charge in [0.05, 0.1) is 6.26 Å². The van der Waals surface area contributed by atoms with E-state index in [0.717, 1.165) is 37.1 Å². The molecule has 1 aliphatic carbocycles. The average molecular weight is 429 g/mol. The molecule has 0 saturated heterocycles. The van der Waals surface area contributed by atoms with Crippen LogP contribution in [0.1, 0.15) is 29.0 Å². The van der Waals surface area contributed by atoms with Gasteiger partial charge in [-0.2, -0.15) is 8.42 Å². The molecule has 0 atom stereocenters.